The molecule has 0 aromatic heterocycles. The summed E-state index contributed by atoms with van der Waals surface area (Å²) in [7, 11) is 0. The minimum Gasteiger partial charge on any atom is -0.381 e. The van der Waals surface area contributed by atoms with Gasteiger partial charge in [0, 0.05) is 10.0 Å². The van der Waals surface area contributed by atoms with Crippen LogP contribution in [0, 0.1) is 18.7 Å². The van der Waals surface area contributed by atoms with E-state index in [9.17, 15) is 14.0 Å². The monoisotopic (exact) mass is 402 g/mol. The van der Waals surface area contributed by atoms with E-state index in [4.69, 9.17) is 4.84 Å². The van der Waals surface area contributed by atoms with Gasteiger partial charge in [-0.05, 0) is 52.7 Å². The molecule has 25 heavy (non-hydrogen) atoms. The Morgan fingerprint density at radius 1 is 1.12 bits per heavy atom. The summed E-state index contributed by atoms with van der Waals surface area (Å²) < 4.78 is 13.8. The molecular weight excluding hydrogens is 391 g/mol. The highest BCUT2D eigenvalue weighted by Crippen LogP contribution is 2.38. The molecule has 2 amide bonds. The Morgan fingerprint density at radius 2 is 1.84 bits per heavy atom. The van der Waals surface area contributed by atoms with Crippen molar-refractivity contribution in [3.8, 4) is 0 Å². The number of benzene rings is 2. The van der Waals surface area contributed by atoms with E-state index in [-0.39, 0.29) is 5.82 Å². The minimum absolute atomic E-state index is 0.342. The number of imide groups is 1. The number of amides is 2. The predicted molar refractivity (Wildman–Crippen MR) is 92.7 cm³/mol. The van der Waals surface area contributed by atoms with Crippen molar-refractivity contribution in [2.45, 2.75) is 13.0 Å². The standard InChI is InChI=1S/C18H12BrFN2O3/c1-9-2-7-13(12(19)8-9)22-17(23)14-15(21-25-16(14)18(22)24)10-3-5-11(20)6-4-10/h2-8,14,16H,1H3/t14-,16+/m1/s1. The first-order chi connectivity index (χ1) is 12.0. The third-order valence-electron chi connectivity index (χ3n) is 4.30. The third kappa shape index (κ3) is 2.46. The molecule has 1 saturated heterocycles. The molecule has 0 radical (unpaired) electrons. The number of halogens is 2. The lowest BCUT2D eigenvalue weighted by Crippen LogP contribution is -2.33. The summed E-state index contributed by atoms with van der Waals surface area (Å²) in [6.07, 6.45) is -0.985. The van der Waals surface area contributed by atoms with Crippen molar-refractivity contribution in [2.24, 2.45) is 11.1 Å². The van der Waals surface area contributed by atoms with Crippen molar-refractivity contribution in [3.05, 3.63) is 63.9 Å². The van der Waals surface area contributed by atoms with Crippen molar-refractivity contribution in [1.29, 1.82) is 0 Å². The van der Waals surface area contributed by atoms with Crippen LogP contribution in [0.25, 0.3) is 0 Å². The van der Waals surface area contributed by atoms with E-state index in [1.54, 1.807) is 6.07 Å². The van der Waals surface area contributed by atoms with Crippen LogP contribution in [0.15, 0.2) is 52.1 Å². The first kappa shape index (κ1) is 16.0. The smallest absolute Gasteiger partial charge is 0.279 e. The van der Waals surface area contributed by atoms with Crippen molar-refractivity contribution in [2.75, 3.05) is 4.90 Å². The molecule has 0 bridgehead atoms. The van der Waals surface area contributed by atoms with Gasteiger partial charge in [-0.3, -0.25) is 9.59 Å². The molecule has 2 aromatic rings. The second kappa shape index (κ2) is 5.77. The normalized spacial score (nSPS) is 22.0. The van der Waals surface area contributed by atoms with Gasteiger partial charge < -0.3 is 4.84 Å². The van der Waals surface area contributed by atoms with Crippen molar-refractivity contribution in [1.82, 2.24) is 0 Å². The van der Waals surface area contributed by atoms with E-state index in [1.165, 1.54) is 24.3 Å². The Labute approximate surface area is 151 Å². The summed E-state index contributed by atoms with van der Waals surface area (Å²) in [4.78, 5) is 32.0. The molecule has 126 valence electrons. The fourth-order valence-corrected chi connectivity index (χ4v) is 3.74. The second-order valence-electron chi connectivity index (χ2n) is 5.95. The summed E-state index contributed by atoms with van der Waals surface area (Å²) in [5, 5.41) is 3.90. The largest absolute Gasteiger partial charge is 0.381 e. The van der Waals surface area contributed by atoms with Crippen LogP contribution in [0.4, 0.5) is 10.1 Å². The fraction of sp³-hybridized carbons (Fsp3) is 0.167. The topological polar surface area (TPSA) is 59.0 Å². The summed E-state index contributed by atoms with van der Waals surface area (Å²) in [5.41, 5.74) is 2.37. The van der Waals surface area contributed by atoms with E-state index in [0.717, 1.165) is 10.5 Å². The van der Waals surface area contributed by atoms with Gasteiger partial charge in [-0.25, -0.2) is 9.29 Å². The number of oxime groups is 1. The van der Waals surface area contributed by atoms with E-state index in [0.29, 0.717) is 21.4 Å². The Hall–Kier alpha value is -2.54. The molecule has 7 heteroatoms. The van der Waals surface area contributed by atoms with E-state index in [1.807, 2.05) is 19.1 Å². The molecule has 1 fully saturated rings. The van der Waals surface area contributed by atoms with Crippen molar-refractivity contribution < 1.29 is 18.8 Å². The maximum absolute atomic E-state index is 13.1. The van der Waals surface area contributed by atoms with E-state index in [2.05, 4.69) is 21.1 Å². The van der Waals surface area contributed by atoms with Crippen LogP contribution in [0.3, 0.4) is 0 Å². The summed E-state index contributed by atoms with van der Waals surface area (Å²) in [5.74, 6) is -2.08. The maximum atomic E-state index is 13.1. The van der Waals surface area contributed by atoms with Gasteiger partial charge >= 0.3 is 0 Å². The first-order valence-corrected chi connectivity index (χ1v) is 8.40. The number of hydrogen-bond acceptors (Lipinski definition) is 4. The lowest BCUT2D eigenvalue weighted by atomic mass is 9.94. The van der Waals surface area contributed by atoms with Crippen molar-refractivity contribution >= 4 is 39.1 Å². The maximum Gasteiger partial charge on any atom is 0.279 e. The van der Waals surface area contributed by atoms with Crippen LogP contribution in [0.2, 0.25) is 0 Å². The van der Waals surface area contributed by atoms with Crippen molar-refractivity contribution in [3.63, 3.8) is 0 Å². The molecule has 0 saturated carbocycles. The molecule has 2 aliphatic heterocycles. The van der Waals surface area contributed by atoms with Gasteiger partial charge in [0.1, 0.15) is 17.4 Å². The number of anilines is 1. The summed E-state index contributed by atoms with van der Waals surface area (Å²) in [6.45, 7) is 1.92. The van der Waals surface area contributed by atoms with Crippen LogP contribution in [0.1, 0.15) is 11.1 Å². The molecular formula is C18H12BrFN2O3. The number of hydrogen-bond donors (Lipinski definition) is 0. The first-order valence-electron chi connectivity index (χ1n) is 7.61. The van der Waals surface area contributed by atoms with Crippen LogP contribution in [-0.4, -0.2) is 23.6 Å². The second-order valence-corrected chi connectivity index (χ2v) is 6.81. The average molecular weight is 403 g/mol. The number of carbonyl (C=O) groups excluding carboxylic acids is 2. The highest BCUT2D eigenvalue weighted by atomic mass is 79.9. The Kier molecular flexibility index (Phi) is 3.68. The quantitative estimate of drug-likeness (QED) is 0.724. The SMILES string of the molecule is Cc1ccc(N2C(=O)[C@@H]3C(c4ccc(F)cc4)=NO[C@@H]3C2=O)c(Br)c1. The highest BCUT2D eigenvalue weighted by molar-refractivity contribution is 9.10. The number of nitrogens with zero attached hydrogens (tertiary/aromatic N) is 2. The summed E-state index contributed by atoms with van der Waals surface area (Å²) >= 11 is 3.40. The molecule has 2 heterocycles. The molecule has 2 aliphatic rings. The van der Waals surface area contributed by atoms with Gasteiger partial charge in [-0.1, -0.05) is 23.4 Å². The van der Waals surface area contributed by atoms with Gasteiger partial charge in [-0.15, -0.1) is 0 Å². The molecule has 0 aliphatic carbocycles. The van der Waals surface area contributed by atoms with Gasteiger partial charge in [0.15, 0.2) is 0 Å². The molecule has 0 spiro atoms. The zero-order valence-corrected chi connectivity index (χ0v) is 14.7. The van der Waals surface area contributed by atoms with E-state index >= 15 is 0 Å². The van der Waals surface area contributed by atoms with Crippen LogP contribution in [0.5, 0.6) is 0 Å². The van der Waals surface area contributed by atoms with Gasteiger partial charge in [0.2, 0.25) is 12.0 Å². The lowest BCUT2D eigenvalue weighted by Gasteiger charge is -2.17. The Balaban J connectivity index is 1.72. The lowest BCUT2D eigenvalue weighted by molar-refractivity contribution is -0.126. The molecule has 5 nitrogen and oxygen atoms in total. The average Bonchev–Trinajstić information content (AvgIpc) is 3.11. The number of fused-ring (bicyclic) bond motifs is 1. The zero-order valence-electron chi connectivity index (χ0n) is 13.1. The highest BCUT2D eigenvalue weighted by Gasteiger charge is 2.56. The minimum atomic E-state index is -0.985. The molecule has 4 rings (SSSR count). The number of rotatable bonds is 2. The molecule has 0 unspecified atom stereocenters. The van der Waals surface area contributed by atoms with Gasteiger partial charge in [0.05, 0.1) is 5.69 Å². The predicted octanol–water partition coefficient (Wildman–Crippen LogP) is 3.19. The summed E-state index contributed by atoms with van der Waals surface area (Å²) in [6, 6.07) is 11.0. The fourth-order valence-electron chi connectivity index (χ4n) is 3.07. The van der Waals surface area contributed by atoms with Crippen LogP contribution < -0.4 is 4.90 Å². The molecule has 2 atom stereocenters. The molecule has 0 N–H and O–H groups in total. The number of carbonyl (C=O) groups is 2. The van der Waals surface area contributed by atoms with Gasteiger partial charge in [-0.2, -0.15) is 0 Å². The van der Waals surface area contributed by atoms with Crippen LogP contribution >= 0.6 is 15.9 Å². The Bertz CT molecular complexity index is 926. The number of aryl methyl sites for hydroxylation is 1. The Morgan fingerprint density at radius 3 is 2.52 bits per heavy atom. The molecule has 2 aromatic carbocycles. The van der Waals surface area contributed by atoms with Gasteiger partial charge in [0.25, 0.3) is 5.91 Å². The van der Waals surface area contributed by atoms with E-state index < -0.39 is 23.8 Å². The third-order valence-corrected chi connectivity index (χ3v) is 4.93. The zero-order chi connectivity index (χ0) is 17.7. The van der Waals surface area contributed by atoms with Crippen LogP contribution in [-0.2, 0) is 14.4 Å².